The quantitative estimate of drug-likeness (QED) is 0.607. The second-order valence-corrected chi connectivity index (χ2v) is 5.02. The second-order valence-electron chi connectivity index (χ2n) is 3.53. The normalized spacial score (nSPS) is 16.4. The molecule has 2 atom stereocenters. The van der Waals surface area contributed by atoms with Crippen molar-refractivity contribution >= 4 is 16.1 Å². The Kier molecular flexibility index (Phi) is 5.40. The molecule has 0 rings (SSSR count). The molecule has 0 amide bonds. The highest BCUT2D eigenvalue weighted by atomic mass is 32.2. The molecule has 0 aromatic carbocycles. The highest BCUT2D eigenvalue weighted by Crippen LogP contribution is 2.26. The highest BCUT2D eigenvalue weighted by Gasteiger charge is 2.42. The van der Waals surface area contributed by atoms with Crippen LogP contribution in [0.1, 0.15) is 20.3 Å². The Morgan fingerprint density at radius 2 is 1.88 bits per heavy atom. The van der Waals surface area contributed by atoms with Gasteiger partial charge < -0.3 is 4.74 Å². The number of esters is 1. The summed E-state index contributed by atoms with van der Waals surface area (Å²) >= 11 is 0. The minimum atomic E-state index is -4.69. The van der Waals surface area contributed by atoms with Crippen molar-refractivity contribution < 1.29 is 35.7 Å². The number of halogens is 3. The largest absolute Gasteiger partial charge is 0.452 e. The van der Waals surface area contributed by atoms with E-state index in [9.17, 15) is 26.4 Å². The van der Waals surface area contributed by atoms with Gasteiger partial charge in [-0.25, -0.2) is 0 Å². The maximum Gasteiger partial charge on any atom is 0.425 e. The maximum absolute atomic E-state index is 12.2. The van der Waals surface area contributed by atoms with Crippen molar-refractivity contribution in [1.29, 1.82) is 0 Å². The molecule has 0 saturated carbocycles. The summed E-state index contributed by atoms with van der Waals surface area (Å²) < 4.78 is 70.1. The molecule has 0 bridgehead atoms. The van der Waals surface area contributed by atoms with Crippen molar-refractivity contribution in [3.63, 3.8) is 0 Å². The van der Waals surface area contributed by atoms with Crippen molar-refractivity contribution in [2.45, 2.75) is 32.5 Å². The number of carbonyl (C=O) groups is 1. The van der Waals surface area contributed by atoms with Crippen LogP contribution >= 0.6 is 0 Å². The first-order valence-electron chi connectivity index (χ1n) is 4.69. The maximum atomic E-state index is 12.2. The summed E-state index contributed by atoms with van der Waals surface area (Å²) in [4.78, 5) is 11.1. The second kappa shape index (κ2) is 5.67. The minimum absolute atomic E-state index is 0.464. The fourth-order valence-electron chi connectivity index (χ4n) is 1.02. The summed E-state index contributed by atoms with van der Waals surface area (Å²) in [6.07, 6.45) is -7.42. The van der Waals surface area contributed by atoms with Gasteiger partial charge in [0, 0.05) is 0 Å². The first kappa shape index (κ1) is 16.2. The van der Waals surface area contributed by atoms with E-state index in [1.807, 2.05) is 0 Å². The van der Waals surface area contributed by atoms with E-state index in [1.165, 1.54) is 6.92 Å². The van der Waals surface area contributed by atoms with E-state index in [2.05, 4.69) is 4.74 Å². The number of carbonyl (C=O) groups excluding carboxylic acids is 1. The molecule has 102 valence electrons. The van der Waals surface area contributed by atoms with Gasteiger partial charge in [0.1, 0.15) is 0 Å². The summed E-state index contributed by atoms with van der Waals surface area (Å²) in [6.45, 7) is 2.23. The van der Waals surface area contributed by atoms with Crippen molar-refractivity contribution in [3.8, 4) is 0 Å². The summed E-state index contributed by atoms with van der Waals surface area (Å²) in [7, 11) is -4.43. The molecular formula is C8H13F3O5S. The molecule has 0 heterocycles. The molecule has 1 N–H and O–H groups in total. The molecule has 17 heavy (non-hydrogen) atoms. The predicted octanol–water partition coefficient (Wildman–Crippen LogP) is 1.39. The van der Waals surface area contributed by atoms with Gasteiger partial charge in [-0.1, -0.05) is 13.8 Å². The lowest BCUT2D eigenvalue weighted by atomic mass is 10.2. The zero-order valence-corrected chi connectivity index (χ0v) is 10.0. The molecule has 5 nitrogen and oxygen atoms in total. The fourth-order valence-corrected chi connectivity index (χ4v) is 1.79. The Morgan fingerprint density at radius 3 is 2.18 bits per heavy atom. The number of ether oxygens (including phenoxy) is 1. The van der Waals surface area contributed by atoms with E-state index in [4.69, 9.17) is 4.55 Å². The smallest absolute Gasteiger partial charge is 0.425 e. The monoisotopic (exact) mass is 278 g/mol. The molecule has 0 saturated heterocycles. The molecule has 0 radical (unpaired) electrons. The van der Waals surface area contributed by atoms with Gasteiger partial charge in [0.2, 0.25) is 0 Å². The van der Waals surface area contributed by atoms with Crippen molar-refractivity contribution in [2.24, 2.45) is 5.92 Å². The summed E-state index contributed by atoms with van der Waals surface area (Å²) in [5.74, 6) is -3.65. The summed E-state index contributed by atoms with van der Waals surface area (Å²) in [5, 5.41) is 0. The Morgan fingerprint density at radius 1 is 1.41 bits per heavy atom. The summed E-state index contributed by atoms with van der Waals surface area (Å²) in [5.41, 5.74) is 0. The van der Waals surface area contributed by atoms with Gasteiger partial charge in [0.15, 0.2) is 6.10 Å². The number of hydrogen-bond donors (Lipinski definition) is 1. The van der Waals surface area contributed by atoms with E-state index < -0.39 is 46.5 Å². The van der Waals surface area contributed by atoms with Gasteiger partial charge in [-0.3, -0.25) is 9.35 Å². The molecule has 0 spiro atoms. The number of rotatable bonds is 5. The van der Waals surface area contributed by atoms with E-state index >= 15 is 0 Å². The third-order valence-electron chi connectivity index (χ3n) is 1.86. The van der Waals surface area contributed by atoms with Gasteiger partial charge in [-0.2, -0.15) is 21.6 Å². The van der Waals surface area contributed by atoms with Crippen molar-refractivity contribution in [1.82, 2.24) is 0 Å². The van der Waals surface area contributed by atoms with Crippen LogP contribution in [-0.2, 0) is 19.6 Å². The molecule has 0 aliphatic rings. The van der Waals surface area contributed by atoms with Crippen LogP contribution in [0.15, 0.2) is 0 Å². The fraction of sp³-hybridized carbons (Fsp3) is 0.875. The lowest BCUT2D eigenvalue weighted by Crippen LogP contribution is -2.36. The van der Waals surface area contributed by atoms with Gasteiger partial charge >= 0.3 is 12.1 Å². The average molecular weight is 278 g/mol. The van der Waals surface area contributed by atoms with Crippen LogP contribution in [0.4, 0.5) is 13.2 Å². The standard InChI is InChI=1S/C8H13F3O5S/c1-3-6(8(9,10)11)16-7(12)5(2)4-17(13,14)15/h5-6H,3-4H2,1-2H3,(H,13,14,15). The van der Waals surface area contributed by atoms with Crippen molar-refractivity contribution in [2.75, 3.05) is 5.75 Å². The molecule has 0 aromatic rings. The number of hydrogen-bond acceptors (Lipinski definition) is 4. The third kappa shape index (κ3) is 6.47. The highest BCUT2D eigenvalue weighted by molar-refractivity contribution is 7.85. The minimum Gasteiger partial charge on any atom is -0.452 e. The van der Waals surface area contributed by atoms with Gasteiger partial charge in [0.25, 0.3) is 10.1 Å². The topological polar surface area (TPSA) is 80.7 Å². The predicted molar refractivity (Wildman–Crippen MR) is 51.8 cm³/mol. The molecular weight excluding hydrogens is 265 g/mol. The molecule has 0 fully saturated rings. The molecule has 0 aromatic heterocycles. The number of alkyl halides is 3. The van der Waals surface area contributed by atoms with E-state index in [-0.39, 0.29) is 0 Å². The van der Waals surface area contributed by atoms with Gasteiger partial charge in [-0.15, -0.1) is 0 Å². The molecule has 2 unspecified atom stereocenters. The van der Waals surface area contributed by atoms with Crippen LogP contribution in [0.2, 0.25) is 0 Å². The lowest BCUT2D eigenvalue weighted by Gasteiger charge is -2.20. The first-order valence-corrected chi connectivity index (χ1v) is 6.30. The molecule has 9 heteroatoms. The Balaban J connectivity index is 4.53. The van der Waals surface area contributed by atoms with Crippen LogP contribution in [0.25, 0.3) is 0 Å². The van der Waals surface area contributed by atoms with Crippen molar-refractivity contribution in [3.05, 3.63) is 0 Å². The van der Waals surface area contributed by atoms with Crippen LogP contribution in [0, 0.1) is 5.92 Å². The Bertz CT molecular complexity index is 362. The van der Waals surface area contributed by atoms with Crippen LogP contribution in [0.3, 0.4) is 0 Å². The molecule has 0 aliphatic heterocycles. The van der Waals surface area contributed by atoms with E-state index in [1.54, 1.807) is 0 Å². The lowest BCUT2D eigenvalue weighted by molar-refractivity contribution is -0.223. The van der Waals surface area contributed by atoms with Crippen LogP contribution in [-0.4, -0.2) is 37.0 Å². The zero-order chi connectivity index (χ0) is 13.9. The zero-order valence-electron chi connectivity index (χ0n) is 9.19. The third-order valence-corrected chi connectivity index (χ3v) is 2.78. The molecule has 0 aliphatic carbocycles. The van der Waals surface area contributed by atoms with Crippen LogP contribution < -0.4 is 0 Å². The Labute approximate surface area is 96.7 Å². The Hall–Kier alpha value is -0.830. The van der Waals surface area contributed by atoms with Crippen LogP contribution in [0.5, 0.6) is 0 Å². The van der Waals surface area contributed by atoms with E-state index in [0.717, 1.165) is 6.92 Å². The van der Waals surface area contributed by atoms with Gasteiger partial charge in [0.05, 0.1) is 11.7 Å². The van der Waals surface area contributed by atoms with Gasteiger partial charge in [-0.05, 0) is 6.42 Å². The first-order chi connectivity index (χ1) is 7.47. The SMILES string of the molecule is CCC(OC(=O)C(C)CS(=O)(=O)O)C(F)(F)F. The van der Waals surface area contributed by atoms with E-state index in [0.29, 0.717) is 0 Å². The average Bonchev–Trinajstić information content (AvgIpc) is 2.08. The summed E-state index contributed by atoms with van der Waals surface area (Å²) in [6, 6.07) is 0.